The van der Waals surface area contributed by atoms with Gasteiger partial charge in [-0.05, 0) is 47.9 Å². The van der Waals surface area contributed by atoms with Crippen molar-refractivity contribution in [2.45, 2.75) is 45.4 Å². The number of esters is 1. The number of ether oxygens (including phenoxy) is 1. The molecule has 0 fully saturated rings. The molecule has 24 heavy (non-hydrogen) atoms. The normalized spacial score (nSPS) is 11.0. The van der Waals surface area contributed by atoms with Crippen LogP contribution in [0, 0.1) is 0 Å². The van der Waals surface area contributed by atoms with E-state index in [0.29, 0.717) is 12.2 Å². The van der Waals surface area contributed by atoms with Gasteiger partial charge in [-0.2, -0.15) is 0 Å². The Balaban J connectivity index is 0.00000288. The Morgan fingerprint density at radius 2 is 1.71 bits per heavy atom. The standard InChI is InChI=1S/C21H26O2.H3N/c1-5-21(6-2,14-15-23-20(22)16(3)4)19-13-9-11-17-10-7-8-12-18(17)19;/h7-13H,3,5-6,14-15H2,1-2,4H3;1H3. The minimum Gasteiger partial charge on any atom is -0.462 e. The van der Waals surface area contributed by atoms with Crippen molar-refractivity contribution in [3.05, 3.63) is 60.2 Å². The average molecular weight is 327 g/mol. The zero-order chi connectivity index (χ0) is 16.9. The lowest BCUT2D eigenvalue weighted by atomic mass is 9.72. The van der Waals surface area contributed by atoms with E-state index in [-0.39, 0.29) is 17.5 Å². The number of rotatable bonds is 7. The van der Waals surface area contributed by atoms with E-state index in [1.165, 1.54) is 16.3 Å². The maximum atomic E-state index is 11.6. The van der Waals surface area contributed by atoms with Crippen LogP contribution in [0.1, 0.15) is 45.6 Å². The smallest absolute Gasteiger partial charge is 0.333 e. The number of hydrogen-bond acceptors (Lipinski definition) is 3. The summed E-state index contributed by atoms with van der Waals surface area (Å²) in [7, 11) is 0. The molecular formula is C21H29NO2. The summed E-state index contributed by atoms with van der Waals surface area (Å²) < 4.78 is 5.36. The monoisotopic (exact) mass is 327 g/mol. The predicted octanol–water partition coefficient (Wildman–Crippen LogP) is 5.57. The fourth-order valence-corrected chi connectivity index (χ4v) is 3.27. The summed E-state index contributed by atoms with van der Waals surface area (Å²) in [6, 6.07) is 15.0. The van der Waals surface area contributed by atoms with E-state index in [1.807, 2.05) is 0 Å². The fourth-order valence-electron chi connectivity index (χ4n) is 3.27. The Kier molecular flexibility index (Phi) is 7.18. The van der Waals surface area contributed by atoms with Crippen molar-refractivity contribution in [3.63, 3.8) is 0 Å². The van der Waals surface area contributed by atoms with Gasteiger partial charge in [0.25, 0.3) is 0 Å². The Hall–Kier alpha value is -2.13. The topological polar surface area (TPSA) is 61.3 Å². The van der Waals surface area contributed by atoms with Crippen LogP contribution < -0.4 is 6.15 Å². The van der Waals surface area contributed by atoms with Gasteiger partial charge in [-0.25, -0.2) is 4.79 Å². The van der Waals surface area contributed by atoms with Crippen LogP contribution in [0.2, 0.25) is 0 Å². The predicted molar refractivity (Wildman–Crippen MR) is 102 cm³/mol. The van der Waals surface area contributed by atoms with Crippen molar-refractivity contribution in [2.24, 2.45) is 0 Å². The van der Waals surface area contributed by atoms with Gasteiger partial charge in [-0.1, -0.05) is 62.9 Å². The minimum atomic E-state index is -0.302. The molecule has 0 bridgehead atoms. The van der Waals surface area contributed by atoms with Crippen LogP contribution in [0.15, 0.2) is 54.6 Å². The lowest BCUT2D eigenvalue weighted by molar-refractivity contribution is -0.139. The average Bonchev–Trinajstić information content (AvgIpc) is 2.58. The zero-order valence-electron chi connectivity index (χ0n) is 15.1. The summed E-state index contributed by atoms with van der Waals surface area (Å²) in [5, 5.41) is 2.56. The summed E-state index contributed by atoms with van der Waals surface area (Å²) in [4.78, 5) is 11.6. The molecule has 3 nitrogen and oxygen atoms in total. The van der Waals surface area contributed by atoms with Crippen LogP contribution in [0.5, 0.6) is 0 Å². The first-order valence-corrected chi connectivity index (χ1v) is 8.35. The molecule has 0 unspecified atom stereocenters. The van der Waals surface area contributed by atoms with E-state index in [2.05, 4.69) is 62.9 Å². The van der Waals surface area contributed by atoms with Crippen LogP contribution in [0.25, 0.3) is 10.8 Å². The number of carbonyl (C=O) groups excluding carboxylic acids is 1. The summed E-state index contributed by atoms with van der Waals surface area (Å²) in [5.74, 6) is -0.302. The first kappa shape index (κ1) is 19.9. The largest absolute Gasteiger partial charge is 0.462 e. The molecule has 0 spiro atoms. The Bertz CT molecular complexity index is 697. The van der Waals surface area contributed by atoms with Crippen molar-refractivity contribution >= 4 is 16.7 Å². The molecule has 0 heterocycles. The van der Waals surface area contributed by atoms with E-state index < -0.39 is 0 Å². The third-order valence-electron chi connectivity index (χ3n) is 4.88. The highest BCUT2D eigenvalue weighted by molar-refractivity contribution is 5.87. The first-order chi connectivity index (χ1) is 11.0. The lowest BCUT2D eigenvalue weighted by Crippen LogP contribution is -2.27. The highest BCUT2D eigenvalue weighted by atomic mass is 16.5. The summed E-state index contributed by atoms with van der Waals surface area (Å²) in [6.07, 6.45) is 2.86. The number of hydrogen-bond donors (Lipinski definition) is 1. The molecule has 0 radical (unpaired) electrons. The second-order valence-corrected chi connectivity index (χ2v) is 6.18. The highest BCUT2D eigenvalue weighted by Crippen LogP contribution is 2.39. The SMILES string of the molecule is C=C(C)C(=O)OCCC(CC)(CC)c1cccc2ccccc12.N. The van der Waals surface area contributed by atoms with Gasteiger partial charge in [-0.3, -0.25) is 0 Å². The number of fused-ring (bicyclic) bond motifs is 1. The molecule has 3 N–H and O–H groups in total. The molecule has 0 saturated heterocycles. The highest BCUT2D eigenvalue weighted by Gasteiger charge is 2.30. The third-order valence-corrected chi connectivity index (χ3v) is 4.88. The van der Waals surface area contributed by atoms with Gasteiger partial charge < -0.3 is 10.9 Å². The number of carbonyl (C=O) groups is 1. The van der Waals surface area contributed by atoms with Crippen LogP contribution >= 0.6 is 0 Å². The van der Waals surface area contributed by atoms with Crippen LogP contribution in [-0.4, -0.2) is 12.6 Å². The Labute approximate surface area is 145 Å². The molecule has 0 aliphatic carbocycles. The molecular weight excluding hydrogens is 298 g/mol. The fraction of sp³-hybridized carbons (Fsp3) is 0.381. The van der Waals surface area contributed by atoms with Gasteiger partial charge in [0.05, 0.1) is 6.61 Å². The van der Waals surface area contributed by atoms with Crippen LogP contribution in [0.3, 0.4) is 0 Å². The molecule has 0 aromatic heterocycles. The summed E-state index contributed by atoms with van der Waals surface area (Å²) in [6.45, 7) is 10.2. The van der Waals surface area contributed by atoms with Crippen molar-refractivity contribution in [1.29, 1.82) is 0 Å². The molecule has 130 valence electrons. The Morgan fingerprint density at radius 1 is 1.08 bits per heavy atom. The van der Waals surface area contributed by atoms with Gasteiger partial charge in [-0.15, -0.1) is 0 Å². The van der Waals surface area contributed by atoms with E-state index >= 15 is 0 Å². The van der Waals surface area contributed by atoms with E-state index in [9.17, 15) is 4.79 Å². The van der Waals surface area contributed by atoms with Crippen molar-refractivity contribution in [3.8, 4) is 0 Å². The van der Waals surface area contributed by atoms with Gasteiger partial charge in [0.15, 0.2) is 0 Å². The molecule has 0 saturated carbocycles. The molecule has 2 aromatic rings. The molecule has 2 rings (SSSR count). The van der Waals surface area contributed by atoms with Crippen LogP contribution in [-0.2, 0) is 14.9 Å². The molecule has 2 aromatic carbocycles. The van der Waals surface area contributed by atoms with Crippen molar-refractivity contribution < 1.29 is 9.53 Å². The molecule has 0 amide bonds. The van der Waals surface area contributed by atoms with Crippen molar-refractivity contribution in [2.75, 3.05) is 6.61 Å². The van der Waals surface area contributed by atoms with Crippen molar-refractivity contribution in [1.82, 2.24) is 6.15 Å². The number of benzene rings is 2. The summed E-state index contributed by atoms with van der Waals surface area (Å²) in [5.41, 5.74) is 1.83. The Morgan fingerprint density at radius 3 is 2.33 bits per heavy atom. The van der Waals surface area contributed by atoms with Crippen LogP contribution in [0.4, 0.5) is 0 Å². The van der Waals surface area contributed by atoms with E-state index in [0.717, 1.165) is 19.3 Å². The van der Waals surface area contributed by atoms with E-state index in [4.69, 9.17) is 4.74 Å². The lowest BCUT2D eigenvalue weighted by Gasteiger charge is -2.33. The van der Waals surface area contributed by atoms with Gasteiger partial charge >= 0.3 is 5.97 Å². The zero-order valence-corrected chi connectivity index (χ0v) is 15.1. The molecule has 0 aliphatic heterocycles. The molecule has 3 heteroatoms. The third kappa shape index (κ3) is 4.04. The first-order valence-electron chi connectivity index (χ1n) is 8.35. The summed E-state index contributed by atoms with van der Waals surface area (Å²) >= 11 is 0. The second-order valence-electron chi connectivity index (χ2n) is 6.18. The van der Waals surface area contributed by atoms with E-state index in [1.54, 1.807) is 6.92 Å². The van der Waals surface area contributed by atoms with Gasteiger partial charge in [0.1, 0.15) is 0 Å². The quantitative estimate of drug-likeness (QED) is 0.534. The maximum absolute atomic E-state index is 11.6. The van der Waals surface area contributed by atoms with Gasteiger partial charge in [0.2, 0.25) is 0 Å². The minimum absolute atomic E-state index is 0. The molecule has 0 aliphatic rings. The second kappa shape index (κ2) is 8.65. The maximum Gasteiger partial charge on any atom is 0.333 e. The van der Waals surface area contributed by atoms with Gasteiger partial charge in [0, 0.05) is 5.57 Å². The molecule has 0 atom stereocenters.